The predicted molar refractivity (Wildman–Crippen MR) is 72.1 cm³/mol. The quantitative estimate of drug-likeness (QED) is 0.772. The number of rotatable bonds is 4. The zero-order valence-corrected chi connectivity index (χ0v) is 11.0. The Balaban J connectivity index is 2.07. The first kappa shape index (κ1) is 13.3. The van der Waals surface area contributed by atoms with Crippen molar-refractivity contribution in [2.24, 2.45) is 0 Å². The average Bonchev–Trinajstić information content (AvgIpc) is 2.46. The van der Waals surface area contributed by atoms with Gasteiger partial charge >= 0.3 is 0 Å². The molecule has 0 radical (unpaired) electrons. The Hall–Kier alpha value is -2.15. The second-order valence-electron chi connectivity index (χ2n) is 4.33. The lowest BCUT2D eigenvalue weighted by Gasteiger charge is -2.29. The van der Waals surface area contributed by atoms with E-state index in [4.69, 9.17) is 15.9 Å². The van der Waals surface area contributed by atoms with Gasteiger partial charge in [-0.25, -0.2) is 0 Å². The molecule has 1 aliphatic rings. The minimum Gasteiger partial charge on any atom is -0.485 e. The van der Waals surface area contributed by atoms with Crippen molar-refractivity contribution in [1.82, 2.24) is 4.90 Å². The van der Waals surface area contributed by atoms with Crippen LogP contribution in [0.3, 0.4) is 0 Å². The third kappa shape index (κ3) is 3.00. The maximum atomic E-state index is 12.3. The van der Waals surface area contributed by atoms with Crippen molar-refractivity contribution in [2.45, 2.75) is 19.4 Å². The molecule has 1 heterocycles. The molecule has 0 N–H and O–H groups in total. The molecule has 4 heteroatoms. The molecule has 19 heavy (non-hydrogen) atoms. The van der Waals surface area contributed by atoms with Crippen LogP contribution in [-0.2, 0) is 4.79 Å². The molecule has 0 fully saturated rings. The Kier molecular flexibility index (Phi) is 4.30. The molecule has 0 saturated carbocycles. The van der Waals surface area contributed by atoms with E-state index in [1.807, 2.05) is 25.1 Å². The number of nitrogens with zero attached hydrogens (tertiary/aromatic N) is 1. The molecule has 1 aromatic rings. The summed E-state index contributed by atoms with van der Waals surface area (Å²) < 4.78 is 11.2. The van der Waals surface area contributed by atoms with Crippen LogP contribution >= 0.6 is 0 Å². The number of fused-ring (bicyclic) bond motifs is 1. The van der Waals surface area contributed by atoms with E-state index >= 15 is 0 Å². The van der Waals surface area contributed by atoms with E-state index in [9.17, 15) is 4.79 Å². The number of terminal acetylenes is 1. The summed E-state index contributed by atoms with van der Waals surface area (Å²) in [4.78, 5) is 13.9. The molecule has 1 aromatic carbocycles. The molecule has 2 rings (SSSR count). The fourth-order valence-electron chi connectivity index (χ4n) is 1.99. The van der Waals surface area contributed by atoms with Crippen LogP contribution in [0.2, 0.25) is 0 Å². The van der Waals surface area contributed by atoms with Gasteiger partial charge in [0.05, 0.1) is 6.54 Å². The van der Waals surface area contributed by atoms with Gasteiger partial charge in [0, 0.05) is 6.54 Å². The van der Waals surface area contributed by atoms with Gasteiger partial charge in [-0.05, 0) is 18.6 Å². The number of para-hydroxylation sites is 2. The van der Waals surface area contributed by atoms with E-state index in [0.717, 1.165) is 6.42 Å². The third-order valence-corrected chi connectivity index (χ3v) is 2.87. The van der Waals surface area contributed by atoms with Crippen LogP contribution in [0.25, 0.3) is 0 Å². The standard InChI is InChI=1S/C15H17NO3/c1-3-9-16(10-4-2)15(17)14-11-18-12-7-5-6-8-13(12)19-14/h1,5-8,14H,4,9-11H2,2H3. The average molecular weight is 259 g/mol. The van der Waals surface area contributed by atoms with Gasteiger partial charge in [0.15, 0.2) is 11.5 Å². The van der Waals surface area contributed by atoms with E-state index in [1.54, 1.807) is 11.0 Å². The van der Waals surface area contributed by atoms with Crippen molar-refractivity contribution < 1.29 is 14.3 Å². The Morgan fingerprint density at radius 1 is 1.47 bits per heavy atom. The topological polar surface area (TPSA) is 38.8 Å². The molecule has 100 valence electrons. The van der Waals surface area contributed by atoms with E-state index in [0.29, 0.717) is 24.6 Å². The summed E-state index contributed by atoms with van der Waals surface area (Å²) in [5.41, 5.74) is 0. The van der Waals surface area contributed by atoms with Gasteiger partial charge in [0.1, 0.15) is 6.61 Å². The van der Waals surface area contributed by atoms with Crippen LogP contribution in [0.1, 0.15) is 13.3 Å². The number of hydrogen-bond donors (Lipinski definition) is 0. The van der Waals surface area contributed by atoms with Crippen molar-refractivity contribution in [2.75, 3.05) is 19.7 Å². The second kappa shape index (κ2) is 6.14. The summed E-state index contributed by atoms with van der Waals surface area (Å²) in [5, 5.41) is 0. The largest absolute Gasteiger partial charge is 0.485 e. The molecule has 0 saturated heterocycles. The molecule has 0 aliphatic carbocycles. The van der Waals surface area contributed by atoms with Gasteiger partial charge in [-0.15, -0.1) is 6.42 Å². The Morgan fingerprint density at radius 2 is 2.21 bits per heavy atom. The van der Waals surface area contributed by atoms with E-state index < -0.39 is 6.10 Å². The van der Waals surface area contributed by atoms with Crippen LogP contribution in [0, 0.1) is 12.3 Å². The van der Waals surface area contributed by atoms with E-state index in [2.05, 4.69) is 5.92 Å². The Labute approximate surface area is 113 Å². The maximum Gasteiger partial charge on any atom is 0.268 e. The number of carbonyl (C=O) groups excluding carboxylic acids is 1. The predicted octanol–water partition coefficient (Wildman–Crippen LogP) is 1.70. The number of carbonyl (C=O) groups is 1. The molecular formula is C15H17NO3. The SMILES string of the molecule is C#CCN(CCC)C(=O)C1COc2ccccc2O1. The number of hydrogen-bond acceptors (Lipinski definition) is 3. The third-order valence-electron chi connectivity index (χ3n) is 2.87. The van der Waals surface area contributed by atoms with Crippen molar-refractivity contribution in [3.63, 3.8) is 0 Å². The van der Waals surface area contributed by atoms with Gasteiger partial charge < -0.3 is 14.4 Å². The highest BCUT2D eigenvalue weighted by Crippen LogP contribution is 2.31. The van der Waals surface area contributed by atoms with Gasteiger partial charge in [-0.2, -0.15) is 0 Å². The lowest BCUT2D eigenvalue weighted by molar-refractivity contribution is -0.140. The van der Waals surface area contributed by atoms with Gasteiger partial charge in [0.2, 0.25) is 6.10 Å². The first-order valence-electron chi connectivity index (χ1n) is 6.37. The normalized spacial score (nSPS) is 16.5. The van der Waals surface area contributed by atoms with E-state index in [1.165, 1.54) is 0 Å². The molecule has 4 nitrogen and oxygen atoms in total. The summed E-state index contributed by atoms with van der Waals surface area (Å²) >= 11 is 0. The van der Waals surface area contributed by atoms with Crippen LogP contribution in [0.5, 0.6) is 11.5 Å². The highest BCUT2D eigenvalue weighted by molar-refractivity contribution is 5.82. The fraction of sp³-hybridized carbons (Fsp3) is 0.400. The van der Waals surface area contributed by atoms with Crippen LogP contribution in [0.15, 0.2) is 24.3 Å². The van der Waals surface area contributed by atoms with Crippen molar-refractivity contribution in [3.05, 3.63) is 24.3 Å². The van der Waals surface area contributed by atoms with Crippen LogP contribution < -0.4 is 9.47 Å². The molecular weight excluding hydrogens is 242 g/mol. The first-order valence-corrected chi connectivity index (χ1v) is 6.37. The summed E-state index contributed by atoms with van der Waals surface area (Å²) in [7, 11) is 0. The molecule has 1 atom stereocenters. The number of amides is 1. The molecule has 0 spiro atoms. The first-order chi connectivity index (χ1) is 9.26. The van der Waals surface area contributed by atoms with Gasteiger partial charge in [-0.3, -0.25) is 4.79 Å². The highest BCUT2D eigenvalue weighted by Gasteiger charge is 2.30. The Bertz CT molecular complexity index is 492. The zero-order valence-electron chi connectivity index (χ0n) is 11.0. The Morgan fingerprint density at radius 3 is 2.89 bits per heavy atom. The molecule has 1 unspecified atom stereocenters. The monoisotopic (exact) mass is 259 g/mol. The highest BCUT2D eigenvalue weighted by atomic mass is 16.6. The van der Waals surface area contributed by atoms with E-state index in [-0.39, 0.29) is 12.5 Å². The number of ether oxygens (including phenoxy) is 2. The smallest absolute Gasteiger partial charge is 0.268 e. The summed E-state index contributed by atoms with van der Waals surface area (Å²) in [5.74, 6) is 3.66. The van der Waals surface area contributed by atoms with Crippen molar-refractivity contribution >= 4 is 5.91 Å². The summed E-state index contributed by atoms with van der Waals surface area (Å²) in [6, 6.07) is 7.33. The summed E-state index contributed by atoms with van der Waals surface area (Å²) in [6.07, 6.45) is 5.53. The minimum absolute atomic E-state index is 0.116. The summed E-state index contributed by atoms with van der Waals surface area (Å²) in [6.45, 7) is 3.16. The molecule has 0 bridgehead atoms. The van der Waals surface area contributed by atoms with Crippen molar-refractivity contribution in [3.8, 4) is 23.8 Å². The molecule has 1 amide bonds. The van der Waals surface area contributed by atoms with Crippen LogP contribution in [-0.4, -0.2) is 36.6 Å². The molecule has 0 aromatic heterocycles. The maximum absolute atomic E-state index is 12.3. The van der Waals surface area contributed by atoms with Crippen LogP contribution in [0.4, 0.5) is 0 Å². The van der Waals surface area contributed by atoms with Crippen molar-refractivity contribution in [1.29, 1.82) is 0 Å². The van der Waals surface area contributed by atoms with Gasteiger partial charge in [-0.1, -0.05) is 25.0 Å². The molecule has 1 aliphatic heterocycles. The lowest BCUT2D eigenvalue weighted by Crippen LogP contribution is -2.46. The lowest BCUT2D eigenvalue weighted by atomic mass is 10.2. The number of benzene rings is 1. The minimum atomic E-state index is -0.616. The fourth-order valence-corrected chi connectivity index (χ4v) is 1.99. The second-order valence-corrected chi connectivity index (χ2v) is 4.33. The van der Waals surface area contributed by atoms with Gasteiger partial charge in [0.25, 0.3) is 5.91 Å². The zero-order chi connectivity index (χ0) is 13.7.